The molecule has 0 aliphatic carbocycles. The average Bonchev–Trinajstić information content (AvgIpc) is 3.28. The van der Waals surface area contributed by atoms with Crippen molar-refractivity contribution in [3.05, 3.63) is 71.2 Å². The van der Waals surface area contributed by atoms with Crippen LogP contribution in [0.5, 0.6) is 0 Å². The first-order valence-electron chi connectivity index (χ1n) is 9.29. The van der Waals surface area contributed by atoms with E-state index < -0.39 is 17.7 Å². The van der Waals surface area contributed by atoms with Crippen molar-refractivity contribution >= 4 is 28.6 Å². The minimum atomic E-state index is -4.39. The molecule has 2 aromatic carbocycles. The van der Waals surface area contributed by atoms with Gasteiger partial charge in [0.1, 0.15) is 5.76 Å². The number of alkyl halides is 3. The van der Waals surface area contributed by atoms with Gasteiger partial charge in [-0.05, 0) is 55.0 Å². The Kier molecular flexibility index (Phi) is 5.53. The molecule has 0 bridgehead atoms. The van der Waals surface area contributed by atoms with Gasteiger partial charge in [0.15, 0.2) is 0 Å². The number of nitrogens with one attached hydrogen (secondary N) is 1. The Morgan fingerprint density at radius 2 is 1.94 bits per heavy atom. The van der Waals surface area contributed by atoms with Crippen LogP contribution in [0.1, 0.15) is 22.6 Å². The first-order valence-corrected chi connectivity index (χ1v) is 10.3. The molecule has 0 amide bonds. The fraction of sp³-hybridized carbons (Fsp3) is 0.182. The summed E-state index contributed by atoms with van der Waals surface area (Å²) in [5.74, 6) is 0.474. The molecule has 2 N–H and O–H groups in total. The molecule has 0 spiro atoms. The summed E-state index contributed by atoms with van der Waals surface area (Å²) in [5.41, 5.74) is 1.99. The van der Waals surface area contributed by atoms with Crippen molar-refractivity contribution in [2.45, 2.75) is 30.2 Å². The van der Waals surface area contributed by atoms with Gasteiger partial charge in [0.2, 0.25) is 5.89 Å². The second-order valence-electron chi connectivity index (χ2n) is 6.98. The number of oxazole rings is 1. The number of hydrogen-bond donors (Lipinski definition) is 2. The number of aromatic nitrogens is 2. The Morgan fingerprint density at radius 3 is 2.61 bits per heavy atom. The zero-order valence-corrected chi connectivity index (χ0v) is 17.1. The molecular formula is C22H17F3N2O3S. The first-order chi connectivity index (χ1) is 14.7. The van der Waals surface area contributed by atoms with E-state index in [2.05, 4.69) is 9.97 Å². The predicted octanol–water partition coefficient (Wildman–Crippen LogP) is 6.07. The lowest BCUT2D eigenvalue weighted by atomic mass is 10.1. The second kappa shape index (κ2) is 8.14. The van der Waals surface area contributed by atoms with Gasteiger partial charge in [0.25, 0.3) is 0 Å². The lowest BCUT2D eigenvalue weighted by molar-refractivity contribution is -0.138. The third-order valence-corrected chi connectivity index (χ3v) is 5.80. The van der Waals surface area contributed by atoms with Crippen LogP contribution in [0.4, 0.5) is 13.2 Å². The Labute approximate surface area is 179 Å². The van der Waals surface area contributed by atoms with Crippen LogP contribution in [0.3, 0.4) is 0 Å². The number of carboxylic acid groups (broad SMARTS) is 1. The molecular weight excluding hydrogens is 429 g/mol. The molecule has 4 rings (SSSR count). The van der Waals surface area contributed by atoms with Crippen molar-refractivity contribution in [3.63, 3.8) is 0 Å². The van der Waals surface area contributed by atoms with Gasteiger partial charge in [-0.25, -0.2) is 4.98 Å². The fourth-order valence-electron chi connectivity index (χ4n) is 3.19. The highest BCUT2D eigenvalue weighted by Gasteiger charge is 2.30. The number of aliphatic carboxylic acids is 1. The van der Waals surface area contributed by atoms with E-state index in [-0.39, 0.29) is 12.3 Å². The van der Waals surface area contributed by atoms with Crippen LogP contribution in [0.2, 0.25) is 0 Å². The average molecular weight is 446 g/mol. The summed E-state index contributed by atoms with van der Waals surface area (Å²) < 4.78 is 44.0. The lowest BCUT2D eigenvalue weighted by Gasteiger charge is -2.06. The molecule has 2 heterocycles. The van der Waals surface area contributed by atoms with E-state index in [4.69, 9.17) is 9.52 Å². The number of halogens is 3. The molecule has 31 heavy (non-hydrogen) atoms. The van der Waals surface area contributed by atoms with Crippen LogP contribution < -0.4 is 0 Å². The molecule has 0 unspecified atom stereocenters. The topological polar surface area (TPSA) is 79.1 Å². The minimum Gasteiger partial charge on any atom is -0.481 e. The molecule has 0 fully saturated rings. The van der Waals surface area contributed by atoms with Crippen molar-refractivity contribution < 1.29 is 27.5 Å². The van der Waals surface area contributed by atoms with E-state index >= 15 is 0 Å². The first kappa shape index (κ1) is 21.0. The van der Waals surface area contributed by atoms with Crippen molar-refractivity contribution in [3.8, 4) is 11.5 Å². The van der Waals surface area contributed by atoms with Crippen molar-refractivity contribution in [1.82, 2.24) is 9.97 Å². The highest BCUT2D eigenvalue weighted by Crippen LogP contribution is 2.33. The maximum Gasteiger partial charge on any atom is 0.416 e. The third-order valence-electron chi connectivity index (χ3n) is 4.80. The Hall–Kier alpha value is -3.20. The van der Waals surface area contributed by atoms with Crippen molar-refractivity contribution in [1.29, 1.82) is 0 Å². The van der Waals surface area contributed by atoms with Crippen LogP contribution in [-0.2, 0) is 23.1 Å². The molecule has 0 saturated carbocycles. The SMILES string of the molecule is Cc1nc(-c2ccc(C(F)(F)F)cc2)oc1CSc1ccc2[nH]cc(CC(=O)O)c2c1. The van der Waals surface area contributed by atoms with Gasteiger partial charge < -0.3 is 14.5 Å². The monoisotopic (exact) mass is 446 g/mol. The Bertz CT molecular complexity index is 1240. The number of aryl methyl sites for hydroxylation is 1. The van der Waals surface area contributed by atoms with Crippen LogP contribution in [0.15, 0.2) is 58.0 Å². The molecule has 0 atom stereocenters. The number of fused-ring (bicyclic) bond motifs is 1. The number of H-pyrrole nitrogens is 1. The number of thioether (sulfide) groups is 1. The van der Waals surface area contributed by atoms with E-state index in [0.717, 1.165) is 27.9 Å². The third kappa shape index (κ3) is 4.61. The fourth-order valence-corrected chi connectivity index (χ4v) is 4.12. The van der Waals surface area contributed by atoms with Gasteiger partial charge in [0.05, 0.1) is 23.4 Å². The Morgan fingerprint density at radius 1 is 1.19 bits per heavy atom. The van der Waals surface area contributed by atoms with Gasteiger partial charge in [-0.3, -0.25) is 4.79 Å². The molecule has 9 heteroatoms. The van der Waals surface area contributed by atoms with Crippen molar-refractivity contribution in [2.75, 3.05) is 0 Å². The molecule has 5 nitrogen and oxygen atoms in total. The Balaban J connectivity index is 1.51. The summed E-state index contributed by atoms with van der Waals surface area (Å²) in [6.07, 6.45) is -2.76. The van der Waals surface area contributed by atoms with Gasteiger partial charge in [-0.1, -0.05) is 0 Å². The summed E-state index contributed by atoms with van der Waals surface area (Å²) in [6, 6.07) is 10.4. The molecule has 4 aromatic rings. The van der Waals surface area contributed by atoms with E-state index in [0.29, 0.717) is 28.3 Å². The normalized spacial score (nSPS) is 11.9. The van der Waals surface area contributed by atoms with Crippen LogP contribution in [0.25, 0.3) is 22.4 Å². The second-order valence-corrected chi connectivity index (χ2v) is 8.03. The molecule has 160 valence electrons. The van der Waals surface area contributed by atoms with Gasteiger partial charge in [-0.2, -0.15) is 13.2 Å². The number of aromatic amines is 1. The number of hydrogen-bond acceptors (Lipinski definition) is 4. The van der Waals surface area contributed by atoms with E-state index in [1.54, 1.807) is 13.1 Å². The van der Waals surface area contributed by atoms with E-state index in [9.17, 15) is 18.0 Å². The van der Waals surface area contributed by atoms with E-state index in [1.165, 1.54) is 23.9 Å². The minimum absolute atomic E-state index is 0.0637. The number of carbonyl (C=O) groups is 1. The molecule has 0 radical (unpaired) electrons. The number of carboxylic acids is 1. The van der Waals surface area contributed by atoms with Crippen LogP contribution in [-0.4, -0.2) is 21.0 Å². The summed E-state index contributed by atoms with van der Waals surface area (Å²) in [4.78, 5) is 19.4. The zero-order valence-electron chi connectivity index (χ0n) is 16.3. The highest BCUT2D eigenvalue weighted by atomic mass is 32.2. The highest BCUT2D eigenvalue weighted by molar-refractivity contribution is 7.98. The van der Waals surface area contributed by atoms with Crippen molar-refractivity contribution in [2.24, 2.45) is 0 Å². The summed E-state index contributed by atoms with van der Waals surface area (Å²) in [5, 5.41) is 9.91. The quantitative estimate of drug-likeness (QED) is 0.352. The summed E-state index contributed by atoms with van der Waals surface area (Å²) >= 11 is 1.50. The molecule has 0 saturated heterocycles. The predicted molar refractivity (Wildman–Crippen MR) is 111 cm³/mol. The number of benzene rings is 2. The maximum atomic E-state index is 12.7. The summed E-state index contributed by atoms with van der Waals surface area (Å²) in [6.45, 7) is 1.79. The zero-order chi connectivity index (χ0) is 22.2. The van der Waals surface area contributed by atoms with Crippen LogP contribution in [0, 0.1) is 6.92 Å². The van der Waals surface area contributed by atoms with Gasteiger partial charge in [-0.15, -0.1) is 11.8 Å². The molecule has 2 aromatic heterocycles. The standard InChI is InChI=1S/C22H17F3N2O3S/c1-12-19(30-21(27-12)13-2-4-15(5-3-13)22(23,24)25)11-31-16-6-7-18-17(9-16)14(10-26-18)8-20(28)29/h2-7,9-10,26H,8,11H2,1H3,(H,28,29). The summed E-state index contributed by atoms with van der Waals surface area (Å²) in [7, 11) is 0. The molecule has 0 aliphatic heterocycles. The number of rotatable bonds is 6. The lowest BCUT2D eigenvalue weighted by Crippen LogP contribution is -2.03. The van der Waals surface area contributed by atoms with Crippen LogP contribution >= 0.6 is 11.8 Å². The van der Waals surface area contributed by atoms with E-state index in [1.807, 2.05) is 18.2 Å². The molecule has 0 aliphatic rings. The van der Waals surface area contributed by atoms with Gasteiger partial charge >= 0.3 is 12.1 Å². The smallest absolute Gasteiger partial charge is 0.416 e. The largest absolute Gasteiger partial charge is 0.481 e. The number of nitrogens with zero attached hydrogens (tertiary/aromatic N) is 1. The maximum absolute atomic E-state index is 12.7. The van der Waals surface area contributed by atoms with Gasteiger partial charge in [0, 0.05) is 27.6 Å².